The van der Waals surface area contributed by atoms with Crippen molar-refractivity contribution in [2.45, 2.75) is 13.8 Å². The summed E-state index contributed by atoms with van der Waals surface area (Å²) in [7, 11) is 1.77. The lowest BCUT2D eigenvalue weighted by molar-refractivity contribution is -0.119. The van der Waals surface area contributed by atoms with Crippen molar-refractivity contribution in [3.63, 3.8) is 0 Å². The van der Waals surface area contributed by atoms with Gasteiger partial charge in [0.15, 0.2) is 0 Å². The average Bonchev–Trinajstić information content (AvgIpc) is 2.90. The van der Waals surface area contributed by atoms with Crippen molar-refractivity contribution >= 4 is 39.2 Å². The van der Waals surface area contributed by atoms with Gasteiger partial charge >= 0.3 is 0 Å². The molecule has 108 valence electrons. The highest BCUT2D eigenvalue weighted by Crippen LogP contribution is 2.26. The molecule has 0 aliphatic carbocycles. The van der Waals surface area contributed by atoms with E-state index in [1.54, 1.807) is 18.4 Å². The Balaban J connectivity index is 2.05. The van der Waals surface area contributed by atoms with Crippen LogP contribution in [0.1, 0.15) is 13.8 Å². The van der Waals surface area contributed by atoms with Gasteiger partial charge in [-0.25, -0.2) is 4.98 Å². The van der Waals surface area contributed by atoms with Crippen LogP contribution >= 0.6 is 11.3 Å². The van der Waals surface area contributed by atoms with Crippen LogP contribution in [0.2, 0.25) is 0 Å². The van der Waals surface area contributed by atoms with Gasteiger partial charge in [0.05, 0.1) is 11.9 Å². The van der Waals surface area contributed by atoms with E-state index in [0.29, 0.717) is 24.2 Å². The number of thiophene rings is 1. The number of amides is 1. The smallest absolute Gasteiger partial charge is 0.239 e. The van der Waals surface area contributed by atoms with Crippen LogP contribution < -0.4 is 16.0 Å². The van der Waals surface area contributed by atoms with Crippen LogP contribution in [0.25, 0.3) is 10.2 Å². The number of anilines is 2. The SMILES string of the molecule is CNc1nc(NCC(=O)NCC(C)C)c2ccsc2n1. The number of hydrogen-bond donors (Lipinski definition) is 3. The fraction of sp³-hybridized carbons (Fsp3) is 0.462. The normalized spacial score (nSPS) is 10.8. The van der Waals surface area contributed by atoms with Gasteiger partial charge in [-0.1, -0.05) is 13.8 Å². The Morgan fingerprint density at radius 1 is 1.40 bits per heavy atom. The molecule has 0 saturated carbocycles. The predicted molar refractivity (Wildman–Crippen MR) is 83.3 cm³/mol. The number of rotatable bonds is 6. The van der Waals surface area contributed by atoms with Crippen LogP contribution in [-0.4, -0.2) is 36.0 Å². The van der Waals surface area contributed by atoms with E-state index in [4.69, 9.17) is 0 Å². The molecule has 0 aliphatic rings. The van der Waals surface area contributed by atoms with Crippen LogP contribution in [0.5, 0.6) is 0 Å². The number of carbonyl (C=O) groups is 1. The summed E-state index contributed by atoms with van der Waals surface area (Å²) < 4.78 is 0. The van der Waals surface area contributed by atoms with Crippen molar-refractivity contribution in [3.8, 4) is 0 Å². The molecule has 1 amide bonds. The Morgan fingerprint density at radius 3 is 2.90 bits per heavy atom. The molecule has 2 heterocycles. The summed E-state index contributed by atoms with van der Waals surface area (Å²) in [5.41, 5.74) is 0. The van der Waals surface area contributed by atoms with Crippen molar-refractivity contribution in [2.75, 3.05) is 30.8 Å². The number of hydrogen-bond acceptors (Lipinski definition) is 6. The molecule has 0 aliphatic heterocycles. The molecule has 0 unspecified atom stereocenters. The van der Waals surface area contributed by atoms with Crippen LogP contribution in [0.3, 0.4) is 0 Å². The summed E-state index contributed by atoms with van der Waals surface area (Å²) in [4.78, 5) is 21.3. The molecule has 0 spiro atoms. The highest BCUT2D eigenvalue weighted by atomic mass is 32.1. The molecule has 20 heavy (non-hydrogen) atoms. The first-order valence-corrected chi connectivity index (χ1v) is 7.41. The second kappa shape index (κ2) is 6.51. The molecular weight excluding hydrogens is 274 g/mol. The first-order chi connectivity index (χ1) is 9.60. The summed E-state index contributed by atoms with van der Waals surface area (Å²) in [5.74, 6) is 1.63. The maximum atomic E-state index is 11.7. The molecule has 0 fully saturated rings. The first kappa shape index (κ1) is 14.5. The highest BCUT2D eigenvalue weighted by Gasteiger charge is 2.09. The van der Waals surface area contributed by atoms with Crippen LogP contribution in [0.15, 0.2) is 11.4 Å². The second-order valence-corrected chi connectivity index (χ2v) is 5.73. The first-order valence-electron chi connectivity index (χ1n) is 6.53. The maximum Gasteiger partial charge on any atom is 0.239 e. The van der Waals surface area contributed by atoms with Crippen molar-refractivity contribution in [1.29, 1.82) is 0 Å². The summed E-state index contributed by atoms with van der Waals surface area (Å²) >= 11 is 1.55. The molecule has 0 bridgehead atoms. The predicted octanol–water partition coefficient (Wildman–Crippen LogP) is 1.92. The summed E-state index contributed by atoms with van der Waals surface area (Å²) in [5, 5.41) is 11.8. The fourth-order valence-electron chi connectivity index (χ4n) is 1.65. The molecule has 2 rings (SSSR count). The molecule has 0 aromatic carbocycles. The summed E-state index contributed by atoms with van der Waals surface area (Å²) in [6.45, 7) is 5.01. The van der Waals surface area contributed by atoms with E-state index in [0.717, 1.165) is 10.2 Å². The minimum atomic E-state index is -0.0355. The molecule has 6 nitrogen and oxygen atoms in total. The Labute approximate surface area is 122 Å². The van der Waals surface area contributed by atoms with E-state index < -0.39 is 0 Å². The zero-order chi connectivity index (χ0) is 14.5. The number of nitrogens with one attached hydrogen (secondary N) is 3. The van der Waals surface area contributed by atoms with Gasteiger partial charge in [-0.15, -0.1) is 11.3 Å². The number of aromatic nitrogens is 2. The lowest BCUT2D eigenvalue weighted by Crippen LogP contribution is -2.32. The Kier molecular flexibility index (Phi) is 4.73. The summed E-state index contributed by atoms with van der Waals surface area (Å²) in [6, 6.07) is 1.95. The van der Waals surface area contributed by atoms with Gasteiger partial charge in [-0.2, -0.15) is 4.98 Å². The summed E-state index contributed by atoms with van der Waals surface area (Å²) in [6.07, 6.45) is 0. The van der Waals surface area contributed by atoms with Crippen LogP contribution in [0.4, 0.5) is 11.8 Å². The Bertz CT molecular complexity index is 595. The third kappa shape index (κ3) is 3.57. The molecular formula is C13H19N5OS. The molecule has 7 heteroatoms. The zero-order valence-electron chi connectivity index (χ0n) is 11.9. The standard InChI is InChI=1S/C13H19N5OS/c1-8(2)6-15-10(19)7-16-11-9-4-5-20-12(9)18-13(14-3)17-11/h4-5,8H,6-7H2,1-3H3,(H,15,19)(H2,14,16,17,18). The van der Waals surface area contributed by atoms with Gasteiger partial charge in [0.25, 0.3) is 0 Å². The van der Waals surface area contributed by atoms with Gasteiger partial charge in [-0.3, -0.25) is 4.79 Å². The van der Waals surface area contributed by atoms with Crippen molar-refractivity contribution in [1.82, 2.24) is 15.3 Å². The fourth-order valence-corrected chi connectivity index (χ4v) is 2.41. The van der Waals surface area contributed by atoms with Gasteiger partial charge in [0.2, 0.25) is 11.9 Å². The van der Waals surface area contributed by atoms with E-state index in [-0.39, 0.29) is 12.5 Å². The van der Waals surface area contributed by atoms with Gasteiger partial charge in [0, 0.05) is 13.6 Å². The molecule has 2 aromatic heterocycles. The number of carbonyl (C=O) groups excluding carboxylic acids is 1. The molecule has 0 saturated heterocycles. The van der Waals surface area contributed by atoms with E-state index in [9.17, 15) is 4.79 Å². The molecule has 0 radical (unpaired) electrons. The Morgan fingerprint density at radius 2 is 2.20 bits per heavy atom. The molecule has 0 atom stereocenters. The average molecular weight is 293 g/mol. The monoisotopic (exact) mass is 293 g/mol. The van der Waals surface area contributed by atoms with E-state index in [2.05, 4.69) is 39.8 Å². The van der Waals surface area contributed by atoms with Crippen LogP contribution in [-0.2, 0) is 4.79 Å². The molecule has 2 aromatic rings. The lowest BCUT2D eigenvalue weighted by Gasteiger charge is -2.10. The Hall–Kier alpha value is -1.89. The minimum Gasteiger partial charge on any atom is -0.360 e. The van der Waals surface area contributed by atoms with Crippen molar-refractivity contribution in [3.05, 3.63) is 11.4 Å². The second-order valence-electron chi connectivity index (χ2n) is 4.84. The van der Waals surface area contributed by atoms with Gasteiger partial charge in [0.1, 0.15) is 10.6 Å². The minimum absolute atomic E-state index is 0.0355. The largest absolute Gasteiger partial charge is 0.360 e. The topological polar surface area (TPSA) is 78.9 Å². The number of fused-ring (bicyclic) bond motifs is 1. The highest BCUT2D eigenvalue weighted by molar-refractivity contribution is 7.16. The third-order valence-corrected chi connectivity index (χ3v) is 3.48. The van der Waals surface area contributed by atoms with E-state index in [1.807, 2.05) is 11.4 Å². The number of nitrogens with zero attached hydrogens (tertiary/aromatic N) is 2. The lowest BCUT2D eigenvalue weighted by atomic mass is 10.2. The quantitative estimate of drug-likeness (QED) is 0.758. The zero-order valence-corrected chi connectivity index (χ0v) is 12.7. The van der Waals surface area contributed by atoms with Crippen molar-refractivity contribution < 1.29 is 4.79 Å². The van der Waals surface area contributed by atoms with Crippen molar-refractivity contribution in [2.24, 2.45) is 5.92 Å². The van der Waals surface area contributed by atoms with Gasteiger partial charge < -0.3 is 16.0 Å². The van der Waals surface area contributed by atoms with Crippen LogP contribution in [0, 0.1) is 5.92 Å². The van der Waals surface area contributed by atoms with E-state index in [1.165, 1.54) is 0 Å². The maximum absolute atomic E-state index is 11.7. The third-order valence-electron chi connectivity index (χ3n) is 2.67. The van der Waals surface area contributed by atoms with E-state index >= 15 is 0 Å². The molecule has 3 N–H and O–H groups in total. The van der Waals surface area contributed by atoms with Gasteiger partial charge in [-0.05, 0) is 17.4 Å².